The summed E-state index contributed by atoms with van der Waals surface area (Å²) >= 11 is 0. The van der Waals surface area contributed by atoms with Gasteiger partial charge in [-0.2, -0.15) is 0 Å². The minimum Gasteiger partial charge on any atom is -0.493 e. The highest BCUT2D eigenvalue weighted by atomic mass is 16.5. The van der Waals surface area contributed by atoms with E-state index in [0.717, 1.165) is 80.9 Å². The molecule has 1 atom stereocenters. The second kappa shape index (κ2) is 12.5. The number of β-amino-alcohol motifs (C(OH)–C–C–N with tert-alkyl or cyclic N) is 1. The van der Waals surface area contributed by atoms with Crippen LogP contribution in [0.15, 0.2) is 30.6 Å². The minimum atomic E-state index is -0.825. The van der Waals surface area contributed by atoms with Gasteiger partial charge < -0.3 is 34.4 Å². The lowest BCUT2D eigenvalue weighted by Gasteiger charge is -2.40. The first-order valence-electron chi connectivity index (χ1n) is 12.7. The third-order valence-corrected chi connectivity index (χ3v) is 6.76. The monoisotopic (exact) mass is 500 g/mol. The molecule has 0 saturated carbocycles. The normalized spacial score (nSPS) is 20.8. The van der Waals surface area contributed by atoms with E-state index in [4.69, 9.17) is 14.2 Å². The molecule has 0 amide bonds. The zero-order valence-corrected chi connectivity index (χ0v) is 21.8. The van der Waals surface area contributed by atoms with Crippen molar-refractivity contribution in [3.8, 4) is 11.5 Å². The highest BCUT2D eigenvalue weighted by Crippen LogP contribution is 2.29. The second-order valence-electron chi connectivity index (χ2n) is 9.77. The van der Waals surface area contributed by atoms with Gasteiger partial charge in [0, 0.05) is 66.0 Å². The summed E-state index contributed by atoms with van der Waals surface area (Å²) in [5, 5.41) is 14.7. The molecule has 10 nitrogen and oxygen atoms in total. The largest absolute Gasteiger partial charge is 0.493 e. The van der Waals surface area contributed by atoms with Crippen molar-refractivity contribution in [2.45, 2.75) is 25.0 Å². The number of hydrogen-bond donors (Lipinski definition) is 2. The molecule has 3 heterocycles. The first kappa shape index (κ1) is 26.4. The van der Waals surface area contributed by atoms with E-state index >= 15 is 0 Å². The molecule has 2 aromatic rings. The van der Waals surface area contributed by atoms with Crippen LogP contribution in [0.2, 0.25) is 0 Å². The molecular formula is C26H40N6O4. The molecule has 2 aliphatic heterocycles. The maximum absolute atomic E-state index is 11.3. The predicted molar refractivity (Wildman–Crippen MR) is 140 cm³/mol. The molecule has 0 spiro atoms. The Balaban J connectivity index is 1.27. The van der Waals surface area contributed by atoms with Gasteiger partial charge in [0.25, 0.3) is 0 Å². The van der Waals surface area contributed by atoms with Crippen LogP contribution < -0.4 is 24.6 Å². The Kier molecular flexibility index (Phi) is 9.19. The first-order chi connectivity index (χ1) is 17.5. The van der Waals surface area contributed by atoms with Gasteiger partial charge >= 0.3 is 0 Å². The van der Waals surface area contributed by atoms with Crippen LogP contribution in [0.4, 0.5) is 11.6 Å². The van der Waals surface area contributed by atoms with E-state index in [0.29, 0.717) is 26.2 Å². The second-order valence-corrected chi connectivity index (χ2v) is 9.77. The van der Waals surface area contributed by atoms with Gasteiger partial charge in [-0.1, -0.05) is 6.07 Å². The number of nitrogens with one attached hydrogen (secondary N) is 1. The minimum absolute atomic E-state index is 0.495. The maximum atomic E-state index is 11.3. The summed E-state index contributed by atoms with van der Waals surface area (Å²) in [7, 11) is 5.58. The number of benzene rings is 1. The number of nitrogens with zero attached hydrogens (tertiary/aromatic N) is 5. The fourth-order valence-corrected chi connectivity index (χ4v) is 4.70. The van der Waals surface area contributed by atoms with Gasteiger partial charge in [0.2, 0.25) is 0 Å². The van der Waals surface area contributed by atoms with E-state index in [2.05, 4.69) is 25.1 Å². The summed E-state index contributed by atoms with van der Waals surface area (Å²) < 4.78 is 17.0. The summed E-state index contributed by atoms with van der Waals surface area (Å²) in [5.41, 5.74) is 0.253. The van der Waals surface area contributed by atoms with Gasteiger partial charge in [-0.25, -0.2) is 9.97 Å². The van der Waals surface area contributed by atoms with Crippen LogP contribution in [0.25, 0.3) is 0 Å². The molecule has 0 radical (unpaired) electrons. The van der Waals surface area contributed by atoms with Crippen LogP contribution in [0.1, 0.15) is 18.4 Å². The fraction of sp³-hybridized carbons (Fsp3) is 0.615. The Morgan fingerprint density at radius 2 is 1.97 bits per heavy atom. The molecule has 10 heteroatoms. The SMILES string of the molecule is COc1cc(CNC[C@]2(O)CCCN(c3cc(N(C)C)ncn3)C2)ccc1OCCN1CCOCC1. The zero-order chi connectivity index (χ0) is 25.4. The Labute approximate surface area is 214 Å². The fourth-order valence-electron chi connectivity index (χ4n) is 4.70. The van der Waals surface area contributed by atoms with E-state index in [1.807, 2.05) is 43.3 Å². The van der Waals surface area contributed by atoms with Crippen molar-refractivity contribution in [1.82, 2.24) is 20.2 Å². The van der Waals surface area contributed by atoms with Crippen molar-refractivity contribution < 1.29 is 19.3 Å². The molecule has 2 aliphatic rings. The van der Waals surface area contributed by atoms with Crippen molar-refractivity contribution in [3.05, 3.63) is 36.2 Å². The molecule has 1 aromatic heterocycles. The summed E-state index contributed by atoms with van der Waals surface area (Å²) in [6.07, 6.45) is 3.24. The summed E-state index contributed by atoms with van der Waals surface area (Å²) in [6, 6.07) is 7.97. The average Bonchev–Trinajstić information content (AvgIpc) is 2.90. The van der Waals surface area contributed by atoms with Crippen LogP contribution in [-0.4, -0.2) is 106 Å². The molecule has 0 bridgehead atoms. The van der Waals surface area contributed by atoms with Crippen molar-refractivity contribution in [3.63, 3.8) is 0 Å². The summed E-state index contributed by atoms with van der Waals surface area (Å²) in [5.74, 6) is 3.17. The molecule has 2 fully saturated rings. The number of anilines is 2. The number of morpholine rings is 1. The zero-order valence-electron chi connectivity index (χ0n) is 21.8. The number of ether oxygens (including phenoxy) is 3. The Morgan fingerprint density at radius 1 is 1.14 bits per heavy atom. The first-order valence-corrected chi connectivity index (χ1v) is 12.7. The average molecular weight is 501 g/mol. The molecular weight excluding hydrogens is 460 g/mol. The van der Waals surface area contributed by atoms with Crippen LogP contribution in [0.3, 0.4) is 0 Å². The highest BCUT2D eigenvalue weighted by Gasteiger charge is 2.33. The summed E-state index contributed by atoms with van der Waals surface area (Å²) in [6.45, 7) is 7.49. The molecule has 0 unspecified atom stereocenters. The molecule has 2 N–H and O–H groups in total. The molecule has 2 saturated heterocycles. The Morgan fingerprint density at radius 3 is 2.75 bits per heavy atom. The van der Waals surface area contributed by atoms with E-state index in [9.17, 15) is 5.11 Å². The lowest BCUT2D eigenvalue weighted by molar-refractivity contribution is 0.0258. The van der Waals surface area contributed by atoms with E-state index in [1.54, 1.807) is 13.4 Å². The van der Waals surface area contributed by atoms with Crippen molar-refractivity contribution >= 4 is 11.6 Å². The van der Waals surface area contributed by atoms with Gasteiger partial charge in [-0.3, -0.25) is 4.90 Å². The van der Waals surface area contributed by atoms with Crippen LogP contribution in [0, 0.1) is 0 Å². The molecule has 0 aliphatic carbocycles. The van der Waals surface area contributed by atoms with Gasteiger partial charge in [0.15, 0.2) is 11.5 Å². The van der Waals surface area contributed by atoms with Crippen molar-refractivity contribution in [2.24, 2.45) is 0 Å². The maximum Gasteiger partial charge on any atom is 0.161 e. The topological polar surface area (TPSA) is 95.5 Å². The van der Waals surface area contributed by atoms with Gasteiger partial charge in [0.1, 0.15) is 24.6 Å². The van der Waals surface area contributed by atoms with E-state index < -0.39 is 5.60 Å². The third kappa shape index (κ3) is 7.19. The van der Waals surface area contributed by atoms with Crippen LogP contribution in [-0.2, 0) is 11.3 Å². The highest BCUT2D eigenvalue weighted by molar-refractivity contribution is 5.50. The standard InChI is InChI=1S/C26H40N6O4/c1-30(2)24-16-25(29-20-28-24)32-8-4-7-26(33,19-32)18-27-17-21-5-6-22(23(15-21)34-3)36-14-11-31-9-12-35-13-10-31/h5-6,15-16,20,27,33H,4,7-14,17-19H2,1-3H3/t26-/m1/s1. The molecule has 1 aromatic carbocycles. The van der Waals surface area contributed by atoms with Crippen molar-refractivity contribution in [1.29, 1.82) is 0 Å². The number of rotatable bonds is 11. The number of piperidine rings is 1. The van der Waals surface area contributed by atoms with E-state index in [1.165, 1.54) is 0 Å². The lowest BCUT2D eigenvalue weighted by Crippen LogP contribution is -2.53. The Bertz CT molecular complexity index is 971. The van der Waals surface area contributed by atoms with Crippen LogP contribution in [0.5, 0.6) is 11.5 Å². The lowest BCUT2D eigenvalue weighted by atomic mass is 9.92. The Hall–Kier alpha value is -2.66. The molecule has 198 valence electrons. The quantitative estimate of drug-likeness (QED) is 0.471. The smallest absolute Gasteiger partial charge is 0.161 e. The number of aromatic nitrogens is 2. The molecule has 4 rings (SSSR count). The number of methoxy groups -OCH3 is 1. The summed E-state index contributed by atoms with van der Waals surface area (Å²) in [4.78, 5) is 15.2. The molecule has 36 heavy (non-hydrogen) atoms. The van der Waals surface area contributed by atoms with Gasteiger partial charge in [-0.15, -0.1) is 0 Å². The third-order valence-electron chi connectivity index (χ3n) is 6.76. The predicted octanol–water partition coefficient (Wildman–Crippen LogP) is 1.38. The number of hydrogen-bond acceptors (Lipinski definition) is 10. The van der Waals surface area contributed by atoms with Gasteiger partial charge in [-0.05, 0) is 30.5 Å². The van der Waals surface area contributed by atoms with Crippen molar-refractivity contribution in [2.75, 3.05) is 90.1 Å². The number of aliphatic hydroxyl groups is 1. The van der Waals surface area contributed by atoms with E-state index in [-0.39, 0.29) is 0 Å². The van der Waals surface area contributed by atoms with Gasteiger partial charge in [0.05, 0.1) is 25.9 Å². The van der Waals surface area contributed by atoms with Crippen LogP contribution >= 0.6 is 0 Å².